The van der Waals surface area contributed by atoms with Gasteiger partial charge < -0.3 is 10.1 Å². The SMILES string of the molecule is Cc1ccc(S(=O)(=O)N(C)CC(=O)N[C@H]2CC(C)(C)Oc3ccccc32)cc1. The highest BCUT2D eigenvalue weighted by Crippen LogP contribution is 2.39. The van der Waals surface area contributed by atoms with Crippen molar-refractivity contribution in [3.8, 4) is 5.75 Å². The summed E-state index contributed by atoms with van der Waals surface area (Å²) in [6.45, 7) is 5.57. The van der Waals surface area contributed by atoms with Crippen LogP contribution in [0.25, 0.3) is 0 Å². The van der Waals surface area contributed by atoms with E-state index in [4.69, 9.17) is 4.74 Å². The molecule has 1 atom stereocenters. The molecule has 6 nitrogen and oxygen atoms in total. The lowest BCUT2D eigenvalue weighted by Gasteiger charge is -2.38. The molecule has 150 valence electrons. The van der Waals surface area contributed by atoms with E-state index in [2.05, 4.69) is 5.32 Å². The number of benzene rings is 2. The maximum Gasteiger partial charge on any atom is 0.243 e. The van der Waals surface area contributed by atoms with Crippen LogP contribution in [0.3, 0.4) is 0 Å². The Kier molecular flexibility index (Phi) is 5.50. The number of carbonyl (C=O) groups is 1. The minimum absolute atomic E-state index is 0.172. The summed E-state index contributed by atoms with van der Waals surface area (Å²) >= 11 is 0. The molecule has 0 bridgehead atoms. The van der Waals surface area contributed by atoms with Gasteiger partial charge in [0.25, 0.3) is 0 Å². The molecule has 3 rings (SSSR count). The molecule has 0 spiro atoms. The molecule has 0 aromatic heterocycles. The molecule has 1 aliphatic rings. The Labute approximate surface area is 166 Å². The highest BCUT2D eigenvalue weighted by molar-refractivity contribution is 7.89. The van der Waals surface area contributed by atoms with Crippen molar-refractivity contribution in [2.45, 2.75) is 43.7 Å². The van der Waals surface area contributed by atoms with Gasteiger partial charge in [0.2, 0.25) is 15.9 Å². The van der Waals surface area contributed by atoms with Gasteiger partial charge in [-0.1, -0.05) is 35.9 Å². The number of carbonyl (C=O) groups excluding carboxylic acids is 1. The molecule has 0 unspecified atom stereocenters. The number of hydrogen-bond donors (Lipinski definition) is 1. The number of rotatable bonds is 5. The van der Waals surface area contributed by atoms with Crippen molar-refractivity contribution in [1.29, 1.82) is 0 Å². The van der Waals surface area contributed by atoms with Crippen LogP contribution in [0.1, 0.15) is 37.4 Å². The average Bonchev–Trinajstić information content (AvgIpc) is 2.61. The lowest BCUT2D eigenvalue weighted by atomic mass is 9.89. The summed E-state index contributed by atoms with van der Waals surface area (Å²) in [5, 5.41) is 2.97. The molecular weight excluding hydrogens is 376 g/mol. The van der Waals surface area contributed by atoms with Gasteiger partial charge in [-0.2, -0.15) is 4.31 Å². The van der Waals surface area contributed by atoms with Gasteiger partial charge in [-0.15, -0.1) is 0 Å². The Morgan fingerprint density at radius 2 is 1.82 bits per heavy atom. The fourth-order valence-corrected chi connectivity index (χ4v) is 4.48. The molecule has 1 amide bonds. The van der Waals surface area contributed by atoms with Crippen LogP contribution in [0.2, 0.25) is 0 Å². The number of amides is 1. The first-order chi connectivity index (χ1) is 13.1. The van der Waals surface area contributed by atoms with Gasteiger partial charge in [-0.3, -0.25) is 4.79 Å². The molecule has 2 aromatic rings. The standard InChI is InChI=1S/C21H26N2O4S/c1-15-9-11-16(12-10-15)28(25,26)23(4)14-20(24)22-18-13-21(2,3)27-19-8-6-5-7-17(18)19/h5-12,18H,13-14H2,1-4H3,(H,22,24)/t18-/m0/s1. The molecule has 0 fully saturated rings. The largest absolute Gasteiger partial charge is 0.487 e. The van der Waals surface area contributed by atoms with E-state index < -0.39 is 15.6 Å². The summed E-state index contributed by atoms with van der Waals surface area (Å²) < 4.78 is 32.4. The number of ether oxygens (including phenoxy) is 1. The van der Waals surface area contributed by atoms with Crippen molar-refractivity contribution in [3.05, 3.63) is 59.7 Å². The number of nitrogens with zero attached hydrogens (tertiary/aromatic N) is 1. The zero-order chi connectivity index (χ0) is 20.5. The lowest BCUT2D eigenvalue weighted by Crippen LogP contribution is -2.44. The second kappa shape index (κ2) is 7.56. The van der Waals surface area contributed by atoms with E-state index in [0.29, 0.717) is 6.42 Å². The Morgan fingerprint density at radius 3 is 2.50 bits per heavy atom. The molecule has 0 saturated heterocycles. The predicted molar refractivity (Wildman–Crippen MR) is 108 cm³/mol. The van der Waals surface area contributed by atoms with Crippen LogP contribution in [0.5, 0.6) is 5.75 Å². The van der Waals surface area contributed by atoms with E-state index in [1.807, 2.05) is 45.0 Å². The first kappa shape index (κ1) is 20.4. The Bertz CT molecular complexity index is 968. The van der Waals surface area contributed by atoms with Gasteiger partial charge in [-0.25, -0.2) is 8.42 Å². The average molecular weight is 403 g/mol. The molecule has 1 aliphatic heterocycles. The van der Waals surface area contributed by atoms with Crippen LogP contribution < -0.4 is 10.1 Å². The minimum atomic E-state index is -3.73. The smallest absolute Gasteiger partial charge is 0.243 e. The fraction of sp³-hybridized carbons (Fsp3) is 0.381. The summed E-state index contributed by atoms with van der Waals surface area (Å²) in [6.07, 6.45) is 0.601. The van der Waals surface area contributed by atoms with Crippen LogP contribution in [0.15, 0.2) is 53.4 Å². The molecule has 1 N–H and O–H groups in total. The first-order valence-electron chi connectivity index (χ1n) is 9.19. The van der Waals surface area contributed by atoms with Crippen molar-refractivity contribution in [2.75, 3.05) is 13.6 Å². The van der Waals surface area contributed by atoms with Crippen LogP contribution in [0.4, 0.5) is 0 Å². The van der Waals surface area contributed by atoms with Crippen molar-refractivity contribution in [2.24, 2.45) is 0 Å². The molecule has 28 heavy (non-hydrogen) atoms. The second-order valence-corrected chi connectivity index (χ2v) is 9.84. The topological polar surface area (TPSA) is 75.7 Å². The quantitative estimate of drug-likeness (QED) is 0.834. The fourth-order valence-electron chi connectivity index (χ4n) is 3.35. The maximum atomic E-state index is 12.7. The monoisotopic (exact) mass is 402 g/mol. The van der Waals surface area contributed by atoms with Gasteiger partial charge >= 0.3 is 0 Å². The molecule has 0 radical (unpaired) electrons. The molecular formula is C21H26N2O4S. The van der Waals surface area contributed by atoms with Crippen molar-refractivity contribution in [1.82, 2.24) is 9.62 Å². The van der Waals surface area contributed by atoms with E-state index in [-0.39, 0.29) is 23.4 Å². The number of para-hydroxylation sites is 1. The van der Waals surface area contributed by atoms with Gasteiger partial charge in [-0.05, 0) is 39.0 Å². The Morgan fingerprint density at radius 1 is 1.18 bits per heavy atom. The van der Waals surface area contributed by atoms with Crippen molar-refractivity contribution >= 4 is 15.9 Å². The number of sulfonamides is 1. The normalized spacial score (nSPS) is 18.2. The second-order valence-electron chi connectivity index (χ2n) is 7.80. The Balaban J connectivity index is 1.72. The highest BCUT2D eigenvalue weighted by atomic mass is 32.2. The highest BCUT2D eigenvalue weighted by Gasteiger charge is 2.34. The number of hydrogen-bond acceptors (Lipinski definition) is 4. The molecule has 0 aliphatic carbocycles. The number of likely N-dealkylation sites (N-methyl/N-ethyl adjacent to an activating group) is 1. The van der Waals surface area contributed by atoms with E-state index >= 15 is 0 Å². The van der Waals surface area contributed by atoms with Gasteiger partial charge in [0.15, 0.2) is 0 Å². The summed E-state index contributed by atoms with van der Waals surface area (Å²) in [4.78, 5) is 12.8. The van der Waals surface area contributed by atoms with E-state index in [1.165, 1.54) is 7.05 Å². The third-order valence-corrected chi connectivity index (χ3v) is 6.62. The van der Waals surface area contributed by atoms with Crippen molar-refractivity contribution in [3.63, 3.8) is 0 Å². The third kappa shape index (κ3) is 4.36. The van der Waals surface area contributed by atoms with E-state index in [0.717, 1.165) is 21.2 Å². The molecule has 7 heteroatoms. The number of fused-ring (bicyclic) bond motifs is 1. The van der Waals surface area contributed by atoms with Gasteiger partial charge in [0, 0.05) is 19.0 Å². The molecule has 0 saturated carbocycles. The molecule has 1 heterocycles. The van der Waals surface area contributed by atoms with E-state index in [9.17, 15) is 13.2 Å². The van der Waals surface area contributed by atoms with Crippen molar-refractivity contribution < 1.29 is 17.9 Å². The number of aryl methyl sites for hydroxylation is 1. The third-order valence-electron chi connectivity index (χ3n) is 4.81. The van der Waals surface area contributed by atoms with Gasteiger partial charge in [0.1, 0.15) is 11.4 Å². The number of nitrogens with one attached hydrogen (secondary N) is 1. The van der Waals surface area contributed by atoms with E-state index in [1.54, 1.807) is 24.3 Å². The summed E-state index contributed by atoms with van der Waals surface area (Å²) in [6, 6.07) is 13.9. The Hall–Kier alpha value is -2.38. The molecule has 2 aromatic carbocycles. The minimum Gasteiger partial charge on any atom is -0.487 e. The predicted octanol–water partition coefficient (Wildman–Crippen LogP) is 3.03. The summed E-state index contributed by atoms with van der Waals surface area (Å²) in [5.74, 6) is 0.389. The van der Waals surface area contributed by atoms with Crippen LogP contribution in [0, 0.1) is 6.92 Å². The van der Waals surface area contributed by atoms with Crippen LogP contribution in [-0.4, -0.2) is 37.8 Å². The maximum absolute atomic E-state index is 12.7. The summed E-state index contributed by atoms with van der Waals surface area (Å²) in [5.41, 5.74) is 1.45. The van der Waals surface area contributed by atoms with Crippen LogP contribution >= 0.6 is 0 Å². The summed E-state index contributed by atoms with van der Waals surface area (Å²) in [7, 11) is -2.31. The van der Waals surface area contributed by atoms with Gasteiger partial charge in [0.05, 0.1) is 17.5 Å². The zero-order valence-corrected chi connectivity index (χ0v) is 17.4. The van der Waals surface area contributed by atoms with Crippen LogP contribution in [-0.2, 0) is 14.8 Å². The first-order valence-corrected chi connectivity index (χ1v) is 10.6. The lowest BCUT2D eigenvalue weighted by molar-refractivity contribution is -0.122. The zero-order valence-electron chi connectivity index (χ0n) is 16.6.